The summed E-state index contributed by atoms with van der Waals surface area (Å²) < 4.78 is 21.2. The summed E-state index contributed by atoms with van der Waals surface area (Å²) in [5, 5.41) is 9.55. The number of ether oxygens (including phenoxy) is 4. The van der Waals surface area contributed by atoms with Crippen molar-refractivity contribution in [1.29, 1.82) is 5.26 Å². The van der Waals surface area contributed by atoms with Crippen LogP contribution in [0.5, 0.6) is 17.2 Å². The molecule has 2 aromatic rings. The lowest BCUT2D eigenvalue weighted by Crippen LogP contribution is -2.24. The molecule has 1 unspecified atom stereocenters. The molecule has 6 heteroatoms. The fourth-order valence-corrected chi connectivity index (χ4v) is 2.93. The van der Waals surface area contributed by atoms with Gasteiger partial charge in [0.05, 0.1) is 25.9 Å². The Hall–Kier alpha value is -3.30. The second kappa shape index (κ2) is 9.07. The van der Waals surface area contributed by atoms with Gasteiger partial charge >= 0.3 is 5.97 Å². The van der Waals surface area contributed by atoms with E-state index in [2.05, 4.69) is 6.07 Å². The summed E-state index contributed by atoms with van der Waals surface area (Å²) in [6, 6.07) is 14.5. The van der Waals surface area contributed by atoms with E-state index in [0.29, 0.717) is 41.4 Å². The highest BCUT2D eigenvalue weighted by atomic mass is 16.6. The maximum Gasteiger partial charge on any atom is 0.340 e. The van der Waals surface area contributed by atoms with Crippen molar-refractivity contribution in [1.82, 2.24) is 0 Å². The average Bonchev–Trinajstić information content (AvgIpc) is 3.28. The molecule has 1 aliphatic rings. The Morgan fingerprint density at radius 2 is 1.89 bits per heavy atom. The summed E-state index contributed by atoms with van der Waals surface area (Å²) >= 11 is 0. The van der Waals surface area contributed by atoms with E-state index >= 15 is 0 Å². The highest BCUT2D eigenvalue weighted by Gasteiger charge is 2.25. The van der Waals surface area contributed by atoms with Crippen LogP contribution in [0, 0.1) is 11.3 Å². The van der Waals surface area contributed by atoms with Gasteiger partial charge in [-0.05, 0) is 60.4 Å². The molecule has 28 heavy (non-hydrogen) atoms. The number of methoxy groups -OCH3 is 2. The van der Waals surface area contributed by atoms with Crippen LogP contribution >= 0.6 is 0 Å². The second-order valence-corrected chi connectivity index (χ2v) is 6.23. The van der Waals surface area contributed by atoms with Gasteiger partial charge in [0.1, 0.15) is 5.75 Å². The van der Waals surface area contributed by atoms with Crippen LogP contribution in [0.4, 0.5) is 0 Å². The molecule has 0 bridgehead atoms. The SMILES string of the molecule is COc1ccc(/C(C#N)=C\c2ccc(OC(=O)C3CCCO3)cc2)cc1OC. The van der Waals surface area contributed by atoms with E-state index in [4.69, 9.17) is 18.9 Å². The third-order valence-corrected chi connectivity index (χ3v) is 4.42. The van der Waals surface area contributed by atoms with Crippen LogP contribution in [0.1, 0.15) is 24.0 Å². The lowest BCUT2D eigenvalue weighted by molar-refractivity contribution is -0.144. The van der Waals surface area contributed by atoms with Crippen LogP contribution in [0.15, 0.2) is 42.5 Å². The van der Waals surface area contributed by atoms with Crippen LogP contribution in [0.3, 0.4) is 0 Å². The molecule has 1 atom stereocenters. The van der Waals surface area contributed by atoms with Gasteiger partial charge in [0.2, 0.25) is 0 Å². The number of nitrogens with zero attached hydrogens (tertiary/aromatic N) is 1. The Morgan fingerprint density at radius 3 is 2.50 bits per heavy atom. The highest BCUT2D eigenvalue weighted by molar-refractivity contribution is 5.90. The fraction of sp³-hybridized carbons (Fsp3) is 0.273. The van der Waals surface area contributed by atoms with Crippen LogP contribution in [0.25, 0.3) is 11.6 Å². The van der Waals surface area contributed by atoms with Crippen LogP contribution in [-0.2, 0) is 9.53 Å². The highest BCUT2D eigenvalue weighted by Crippen LogP contribution is 2.31. The Labute approximate surface area is 163 Å². The first-order valence-electron chi connectivity index (χ1n) is 8.92. The number of esters is 1. The number of benzene rings is 2. The zero-order valence-electron chi connectivity index (χ0n) is 15.8. The molecule has 144 valence electrons. The first-order valence-corrected chi connectivity index (χ1v) is 8.92. The van der Waals surface area contributed by atoms with E-state index in [-0.39, 0.29) is 5.97 Å². The van der Waals surface area contributed by atoms with Crippen molar-refractivity contribution in [3.8, 4) is 23.3 Å². The van der Waals surface area contributed by atoms with E-state index < -0.39 is 6.10 Å². The minimum atomic E-state index is -0.477. The molecule has 6 nitrogen and oxygen atoms in total. The number of rotatable bonds is 6. The molecule has 0 aliphatic carbocycles. The monoisotopic (exact) mass is 379 g/mol. The Morgan fingerprint density at radius 1 is 1.14 bits per heavy atom. The van der Waals surface area contributed by atoms with E-state index in [1.165, 1.54) is 0 Å². The summed E-state index contributed by atoms with van der Waals surface area (Å²) in [7, 11) is 3.11. The number of nitriles is 1. The molecule has 0 amide bonds. The van der Waals surface area contributed by atoms with Crippen molar-refractivity contribution < 1.29 is 23.7 Å². The van der Waals surface area contributed by atoms with Gasteiger partial charge < -0.3 is 18.9 Å². The summed E-state index contributed by atoms with van der Waals surface area (Å²) in [4.78, 5) is 12.0. The normalized spacial score (nSPS) is 16.3. The van der Waals surface area contributed by atoms with Crippen molar-refractivity contribution in [2.45, 2.75) is 18.9 Å². The standard InChI is InChI=1S/C22H21NO5/c1-25-19-10-7-16(13-21(19)26-2)17(14-23)12-15-5-8-18(9-6-15)28-22(24)20-4-3-11-27-20/h5-10,12-13,20H,3-4,11H2,1-2H3/b17-12-. The fourth-order valence-electron chi connectivity index (χ4n) is 2.93. The molecule has 1 heterocycles. The Bertz CT molecular complexity index is 906. The number of hydrogen-bond acceptors (Lipinski definition) is 6. The predicted molar refractivity (Wildman–Crippen MR) is 104 cm³/mol. The first-order chi connectivity index (χ1) is 13.6. The number of allylic oxidation sites excluding steroid dienone is 1. The van der Waals surface area contributed by atoms with Crippen molar-refractivity contribution in [3.05, 3.63) is 53.6 Å². The molecule has 3 rings (SSSR count). The van der Waals surface area contributed by atoms with Crippen molar-refractivity contribution in [2.75, 3.05) is 20.8 Å². The average molecular weight is 379 g/mol. The molecular formula is C22H21NO5. The molecule has 1 saturated heterocycles. The van der Waals surface area contributed by atoms with Gasteiger partial charge in [-0.3, -0.25) is 0 Å². The van der Waals surface area contributed by atoms with Crippen molar-refractivity contribution in [2.24, 2.45) is 0 Å². The third kappa shape index (κ3) is 4.51. The quantitative estimate of drug-likeness (QED) is 0.328. The number of carbonyl (C=O) groups excluding carboxylic acids is 1. The van der Waals surface area contributed by atoms with E-state index in [9.17, 15) is 10.1 Å². The minimum Gasteiger partial charge on any atom is -0.493 e. The molecule has 1 fully saturated rings. The van der Waals surface area contributed by atoms with Gasteiger partial charge in [-0.25, -0.2) is 4.79 Å². The summed E-state index contributed by atoms with van der Waals surface area (Å²) in [5.41, 5.74) is 2.00. The molecule has 1 aliphatic heterocycles. The molecule has 0 radical (unpaired) electrons. The van der Waals surface area contributed by atoms with E-state index in [0.717, 1.165) is 12.0 Å². The zero-order chi connectivity index (χ0) is 19.9. The van der Waals surface area contributed by atoms with Crippen LogP contribution < -0.4 is 14.2 Å². The maximum atomic E-state index is 12.0. The van der Waals surface area contributed by atoms with Gasteiger partial charge in [-0.15, -0.1) is 0 Å². The van der Waals surface area contributed by atoms with Crippen LogP contribution in [0.2, 0.25) is 0 Å². The van der Waals surface area contributed by atoms with E-state index in [1.54, 1.807) is 62.8 Å². The first kappa shape index (κ1) is 19.5. The minimum absolute atomic E-state index is 0.371. The van der Waals surface area contributed by atoms with E-state index in [1.807, 2.05) is 0 Å². The van der Waals surface area contributed by atoms with Gasteiger partial charge in [0, 0.05) is 6.61 Å². The summed E-state index contributed by atoms with van der Waals surface area (Å²) in [5.74, 6) is 1.23. The zero-order valence-corrected chi connectivity index (χ0v) is 15.8. The second-order valence-electron chi connectivity index (χ2n) is 6.23. The van der Waals surface area contributed by atoms with Gasteiger partial charge in [0.25, 0.3) is 0 Å². The van der Waals surface area contributed by atoms with Gasteiger partial charge in [-0.2, -0.15) is 5.26 Å². The van der Waals surface area contributed by atoms with Crippen LogP contribution in [-0.4, -0.2) is 32.9 Å². The molecule has 0 N–H and O–H groups in total. The molecule has 2 aromatic carbocycles. The number of carbonyl (C=O) groups is 1. The Kier molecular flexibility index (Phi) is 6.30. The third-order valence-electron chi connectivity index (χ3n) is 4.42. The molecular weight excluding hydrogens is 358 g/mol. The topological polar surface area (TPSA) is 77.8 Å². The smallest absolute Gasteiger partial charge is 0.340 e. The predicted octanol–water partition coefficient (Wildman–Crippen LogP) is 3.85. The molecule has 0 saturated carbocycles. The summed E-state index contributed by atoms with van der Waals surface area (Å²) in [6.07, 6.45) is 2.84. The largest absolute Gasteiger partial charge is 0.493 e. The number of hydrogen-bond donors (Lipinski definition) is 0. The Balaban J connectivity index is 1.76. The lowest BCUT2D eigenvalue weighted by Gasteiger charge is -2.10. The lowest BCUT2D eigenvalue weighted by atomic mass is 10.0. The molecule has 0 spiro atoms. The van der Waals surface area contributed by atoms with Gasteiger partial charge in [-0.1, -0.05) is 12.1 Å². The van der Waals surface area contributed by atoms with Crippen molar-refractivity contribution >= 4 is 17.6 Å². The van der Waals surface area contributed by atoms with Gasteiger partial charge in [0.15, 0.2) is 17.6 Å². The summed E-state index contributed by atoms with van der Waals surface area (Å²) in [6.45, 7) is 0.594. The molecule has 0 aromatic heterocycles. The van der Waals surface area contributed by atoms with Crippen molar-refractivity contribution in [3.63, 3.8) is 0 Å². The maximum absolute atomic E-state index is 12.0.